The molecule has 0 aliphatic carbocycles. The van der Waals surface area contributed by atoms with E-state index in [4.69, 9.17) is 0 Å². The number of hydrogen-bond acceptors (Lipinski definition) is 2. The van der Waals surface area contributed by atoms with E-state index in [-0.39, 0.29) is 10.6 Å². The largest absolute Gasteiger partial charge is 0.259 e. The summed E-state index contributed by atoms with van der Waals surface area (Å²) < 4.78 is 0. The summed E-state index contributed by atoms with van der Waals surface area (Å²) in [5.41, 5.74) is 0.270. The quantitative estimate of drug-likeness (QED) is 0.135. The van der Waals surface area contributed by atoms with Gasteiger partial charge in [-0.05, 0) is 44.6 Å². The molecular formula is C22H35NO2. The first-order valence-electron chi connectivity index (χ1n) is 9.65. The molecule has 3 nitrogen and oxygen atoms in total. The van der Waals surface area contributed by atoms with Crippen LogP contribution in [0.2, 0.25) is 0 Å². The third kappa shape index (κ3) is 16.7. The highest BCUT2D eigenvalue weighted by molar-refractivity contribution is 5.05. The van der Waals surface area contributed by atoms with Crippen molar-refractivity contribution in [3.8, 4) is 0 Å². The summed E-state index contributed by atoms with van der Waals surface area (Å²) in [7, 11) is 0. The van der Waals surface area contributed by atoms with Crippen molar-refractivity contribution in [2.45, 2.75) is 78.1 Å². The zero-order valence-electron chi connectivity index (χ0n) is 16.0. The molecular weight excluding hydrogens is 310 g/mol. The molecule has 0 unspecified atom stereocenters. The normalized spacial score (nSPS) is 13.1. The first-order chi connectivity index (χ1) is 12.2. The summed E-state index contributed by atoms with van der Waals surface area (Å²) in [6.07, 6.45) is 28.3. The average Bonchev–Trinajstić information content (AvgIpc) is 2.60. The lowest BCUT2D eigenvalue weighted by Gasteiger charge is -1.94. The molecule has 0 N–H and O–H groups in total. The first-order valence-corrected chi connectivity index (χ1v) is 9.65. The van der Waals surface area contributed by atoms with Crippen LogP contribution in [0.5, 0.6) is 0 Å². The molecule has 0 fully saturated rings. The second-order valence-corrected chi connectivity index (χ2v) is 6.01. The maximum absolute atomic E-state index is 11.0. The fourth-order valence-corrected chi connectivity index (χ4v) is 2.25. The Morgan fingerprint density at radius 1 is 0.800 bits per heavy atom. The average molecular weight is 346 g/mol. The number of hydrogen-bond donors (Lipinski definition) is 0. The molecule has 0 radical (unpaired) electrons. The Balaban J connectivity index is 4.00. The van der Waals surface area contributed by atoms with Gasteiger partial charge in [-0.1, -0.05) is 81.7 Å². The van der Waals surface area contributed by atoms with Crippen LogP contribution in [0.4, 0.5) is 0 Å². The van der Waals surface area contributed by atoms with E-state index < -0.39 is 0 Å². The highest BCUT2D eigenvalue weighted by atomic mass is 16.6. The fraction of sp³-hybridized carbons (Fsp3) is 0.545. The lowest BCUT2D eigenvalue weighted by atomic mass is 10.1. The van der Waals surface area contributed by atoms with E-state index in [1.54, 1.807) is 6.08 Å². The maximum Gasteiger partial charge on any atom is 0.246 e. The Morgan fingerprint density at radius 3 is 2.12 bits per heavy atom. The standard InChI is InChI=1S/C22H35NO2/c1-3-5-7-9-11-12-13-14-15-17-19-21-22(23(24)25)20-18-16-10-8-6-4-2/h6,8,12-13,15-18,21H,3-5,7,9-11,14,19-20H2,1-2H3/b8-6-,13-12-,17-15-,18-16-,22-21+. The topological polar surface area (TPSA) is 43.1 Å². The zero-order chi connectivity index (χ0) is 18.6. The minimum Gasteiger partial charge on any atom is -0.259 e. The summed E-state index contributed by atoms with van der Waals surface area (Å²) in [5.74, 6) is 0. The molecule has 0 rings (SSSR count). The van der Waals surface area contributed by atoms with Crippen LogP contribution < -0.4 is 0 Å². The molecule has 0 aliphatic rings. The summed E-state index contributed by atoms with van der Waals surface area (Å²) in [6, 6.07) is 0. The molecule has 0 heterocycles. The van der Waals surface area contributed by atoms with Crippen LogP contribution in [0.25, 0.3) is 0 Å². The molecule has 0 aliphatic heterocycles. The second kappa shape index (κ2) is 18.4. The SMILES string of the molecule is CC/C=C\C/C=C\C/C(=C\C/C=C\C/C=C\CCCCCC)[N+](=O)[O-]. The number of nitro groups is 1. The van der Waals surface area contributed by atoms with Gasteiger partial charge in [0, 0.05) is 0 Å². The summed E-state index contributed by atoms with van der Waals surface area (Å²) in [6.45, 7) is 4.31. The molecule has 0 bridgehead atoms. The van der Waals surface area contributed by atoms with Crippen molar-refractivity contribution >= 4 is 0 Å². The van der Waals surface area contributed by atoms with E-state index in [2.05, 4.69) is 44.2 Å². The Morgan fingerprint density at radius 2 is 1.44 bits per heavy atom. The number of rotatable bonds is 15. The van der Waals surface area contributed by atoms with Crippen molar-refractivity contribution in [2.75, 3.05) is 0 Å². The van der Waals surface area contributed by atoms with Gasteiger partial charge in [0.1, 0.15) is 0 Å². The molecule has 0 aromatic rings. The molecule has 0 aromatic carbocycles. The highest BCUT2D eigenvalue weighted by Gasteiger charge is 2.06. The van der Waals surface area contributed by atoms with Gasteiger partial charge >= 0.3 is 0 Å². The number of unbranched alkanes of at least 4 members (excludes halogenated alkanes) is 4. The van der Waals surface area contributed by atoms with Gasteiger partial charge in [-0.15, -0.1) is 0 Å². The van der Waals surface area contributed by atoms with Crippen LogP contribution in [-0.2, 0) is 0 Å². The molecule has 0 spiro atoms. The maximum atomic E-state index is 11.0. The summed E-state index contributed by atoms with van der Waals surface area (Å²) in [4.78, 5) is 10.8. The highest BCUT2D eigenvalue weighted by Crippen LogP contribution is 2.07. The fourth-order valence-electron chi connectivity index (χ4n) is 2.25. The van der Waals surface area contributed by atoms with Gasteiger partial charge in [-0.3, -0.25) is 10.1 Å². The van der Waals surface area contributed by atoms with Gasteiger partial charge in [-0.2, -0.15) is 0 Å². The smallest absolute Gasteiger partial charge is 0.246 e. The molecule has 0 atom stereocenters. The molecule has 140 valence electrons. The number of allylic oxidation sites excluding steroid dienone is 9. The van der Waals surface area contributed by atoms with Crippen molar-refractivity contribution in [3.05, 3.63) is 70.5 Å². The lowest BCUT2D eigenvalue weighted by Crippen LogP contribution is -1.97. The van der Waals surface area contributed by atoms with Gasteiger partial charge in [0.15, 0.2) is 0 Å². The van der Waals surface area contributed by atoms with Crippen molar-refractivity contribution in [2.24, 2.45) is 0 Å². The molecule has 25 heavy (non-hydrogen) atoms. The van der Waals surface area contributed by atoms with Crippen molar-refractivity contribution in [3.63, 3.8) is 0 Å². The van der Waals surface area contributed by atoms with Gasteiger partial charge in [-0.25, -0.2) is 0 Å². The van der Waals surface area contributed by atoms with E-state index in [9.17, 15) is 10.1 Å². The van der Waals surface area contributed by atoms with E-state index >= 15 is 0 Å². The second-order valence-electron chi connectivity index (χ2n) is 6.01. The molecule has 0 aromatic heterocycles. The third-order valence-corrected chi connectivity index (χ3v) is 3.72. The molecule has 0 saturated heterocycles. The van der Waals surface area contributed by atoms with Crippen LogP contribution in [0, 0.1) is 10.1 Å². The van der Waals surface area contributed by atoms with Gasteiger partial charge in [0.05, 0.1) is 11.3 Å². The van der Waals surface area contributed by atoms with E-state index in [0.29, 0.717) is 12.8 Å². The van der Waals surface area contributed by atoms with E-state index in [0.717, 1.165) is 25.7 Å². The molecule has 0 amide bonds. The van der Waals surface area contributed by atoms with Crippen molar-refractivity contribution in [1.29, 1.82) is 0 Å². The van der Waals surface area contributed by atoms with Crippen LogP contribution in [-0.4, -0.2) is 4.92 Å². The summed E-state index contributed by atoms with van der Waals surface area (Å²) in [5, 5.41) is 11.0. The minimum atomic E-state index is -0.281. The van der Waals surface area contributed by atoms with Crippen LogP contribution in [0.15, 0.2) is 60.4 Å². The predicted octanol–water partition coefficient (Wildman–Crippen LogP) is 7.31. The zero-order valence-corrected chi connectivity index (χ0v) is 16.0. The Hall–Kier alpha value is -1.90. The Kier molecular flexibility index (Phi) is 17.0. The van der Waals surface area contributed by atoms with Gasteiger partial charge in [0.2, 0.25) is 5.70 Å². The third-order valence-electron chi connectivity index (χ3n) is 3.72. The molecule has 3 heteroatoms. The predicted molar refractivity (Wildman–Crippen MR) is 109 cm³/mol. The lowest BCUT2D eigenvalue weighted by molar-refractivity contribution is -0.427. The van der Waals surface area contributed by atoms with Gasteiger partial charge < -0.3 is 0 Å². The van der Waals surface area contributed by atoms with Crippen molar-refractivity contribution < 1.29 is 4.92 Å². The molecule has 0 saturated carbocycles. The minimum absolute atomic E-state index is 0.270. The van der Waals surface area contributed by atoms with Crippen molar-refractivity contribution in [1.82, 2.24) is 0 Å². The van der Waals surface area contributed by atoms with Crippen LogP contribution in [0.3, 0.4) is 0 Å². The van der Waals surface area contributed by atoms with Crippen LogP contribution in [0.1, 0.15) is 78.1 Å². The Bertz CT molecular complexity index is 470. The van der Waals surface area contributed by atoms with E-state index in [1.165, 1.54) is 25.7 Å². The van der Waals surface area contributed by atoms with Gasteiger partial charge in [0.25, 0.3) is 0 Å². The number of nitrogens with zero attached hydrogens (tertiary/aromatic N) is 1. The summed E-state index contributed by atoms with van der Waals surface area (Å²) >= 11 is 0. The monoisotopic (exact) mass is 345 g/mol. The first kappa shape index (κ1) is 23.1. The van der Waals surface area contributed by atoms with E-state index in [1.807, 2.05) is 18.2 Å². The van der Waals surface area contributed by atoms with Crippen LogP contribution >= 0.6 is 0 Å². The Labute approximate surface area is 154 Å².